The zero-order valence-electron chi connectivity index (χ0n) is 7.88. The fraction of sp³-hybridized carbons (Fsp3) is 0. The van der Waals surface area contributed by atoms with Crippen LogP contribution in [0.15, 0.2) is 17.0 Å². The summed E-state index contributed by atoms with van der Waals surface area (Å²) >= 11 is 0. The van der Waals surface area contributed by atoms with Crippen LogP contribution < -0.4 is 5.73 Å². The van der Waals surface area contributed by atoms with Gasteiger partial charge < -0.3 is 5.73 Å². The number of hydrogen-bond acceptors (Lipinski definition) is 5. The zero-order valence-corrected chi connectivity index (χ0v) is 9.46. The lowest BCUT2D eigenvalue weighted by atomic mass is 10.2. The van der Waals surface area contributed by atoms with Gasteiger partial charge in [0.1, 0.15) is 4.90 Å². The molecule has 0 atom stereocenters. The Balaban J connectivity index is 3.73. The summed E-state index contributed by atoms with van der Waals surface area (Å²) in [6.45, 7) is 0. The summed E-state index contributed by atoms with van der Waals surface area (Å²) in [5.74, 6) is -2.79. The number of benzene rings is 1. The van der Waals surface area contributed by atoms with Gasteiger partial charge in [-0.05, 0) is 6.07 Å². The molecule has 0 fully saturated rings. The largest absolute Gasteiger partial charge is 0.366 e. The third-order valence-electron chi connectivity index (χ3n) is 1.76. The molecule has 1 rings (SSSR count). The molecule has 10 heteroatoms. The van der Waals surface area contributed by atoms with Crippen LogP contribution in [0.1, 0.15) is 10.4 Å². The van der Waals surface area contributed by atoms with Crippen LogP contribution in [-0.2, 0) is 9.05 Å². The van der Waals surface area contributed by atoms with Crippen LogP contribution in [0.2, 0.25) is 0 Å². The van der Waals surface area contributed by atoms with Crippen molar-refractivity contribution < 1.29 is 22.5 Å². The van der Waals surface area contributed by atoms with E-state index in [2.05, 4.69) is 0 Å². The van der Waals surface area contributed by atoms with Crippen molar-refractivity contribution in [3.8, 4) is 0 Å². The molecule has 0 aliphatic rings. The van der Waals surface area contributed by atoms with Crippen LogP contribution in [0.25, 0.3) is 0 Å². The molecule has 0 aliphatic heterocycles. The number of carbonyl (C=O) groups is 1. The molecule has 0 saturated carbocycles. The highest BCUT2D eigenvalue weighted by atomic mass is 35.7. The molecule has 0 aromatic heterocycles. The van der Waals surface area contributed by atoms with E-state index in [9.17, 15) is 27.7 Å². The van der Waals surface area contributed by atoms with Gasteiger partial charge in [-0.15, -0.1) is 0 Å². The molecule has 0 bridgehead atoms. The van der Waals surface area contributed by atoms with Crippen molar-refractivity contribution in [2.24, 2.45) is 5.73 Å². The highest BCUT2D eigenvalue weighted by Gasteiger charge is 2.27. The highest BCUT2D eigenvalue weighted by Crippen LogP contribution is 2.28. The molecule has 17 heavy (non-hydrogen) atoms. The summed E-state index contributed by atoms with van der Waals surface area (Å²) in [5.41, 5.74) is 3.10. The SMILES string of the molecule is NC(=O)c1cc([N+](=O)[O-])c(F)c(S(=O)(=O)Cl)c1. The van der Waals surface area contributed by atoms with Gasteiger partial charge >= 0.3 is 5.69 Å². The van der Waals surface area contributed by atoms with Crippen LogP contribution in [-0.4, -0.2) is 19.2 Å². The Morgan fingerprint density at radius 1 is 1.47 bits per heavy atom. The predicted molar refractivity (Wildman–Crippen MR) is 54.6 cm³/mol. The summed E-state index contributed by atoms with van der Waals surface area (Å²) < 4.78 is 35.3. The van der Waals surface area contributed by atoms with E-state index >= 15 is 0 Å². The third-order valence-corrected chi connectivity index (χ3v) is 3.09. The van der Waals surface area contributed by atoms with E-state index < -0.39 is 41.8 Å². The molecule has 0 spiro atoms. The summed E-state index contributed by atoms with van der Waals surface area (Å²) in [6, 6.07) is 1.07. The second kappa shape index (κ2) is 4.26. The van der Waals surface area contributed by atoms with Gasteiger partial charge in [-0.2, -0.15) is 4.39 Å². The minimum absolute atomic E-state index is 0.530. The molecule has 2 N–H and O–H groups in total. The number of rotatable bonds is 3. The lowest BCUT2D eigenvalue weighted by Crippen LogP contribution is -2.13. The van der Waals surface area contributed by atoms with E-state index in [1.54, 1.807) is 0 Å². The maximum absolute atomic E-state index is 13.4. The lowest BCUT2D eigenvalue weighted by Gasteiger charge is -2.02. The molecule has 0 unspecified atom stereocenters. The van der Waals surface area contributed by atoms with Crippen molar-refractivity contribution in [2.75, 3.05) is 0 Å². The fourth-order valence-corrected chi connectivity index (χ4v) is 1.96. The fourth-order valence-electron chi connectivity index (χ4n) is 1.04. The Morgan fingerprint density at radius 3 is 2.35 bits per heavy atom. The van der Waals surface area contributed by atoms with Crippen molar-refractivity contribution in [3.05, 3.63) is 33.6 Å². The number of amides is 1. The number of nitro benzene ring substituents is 1. The number of primary amides is 1. The van der Waals surface area contributed by atoms with Gasteiger partial charge in [-0.3, -0.25) is 14.9 Å². The van der Waals surface area contributed by atoms with Crippen molar-refractivity contribution in [1.82, 2.24) is 0 Å². The van der Waals surface area contributed by atoms with Crippen LogP contribution in [0.5, 0.6) is 0 Å². The molecule has 7 nitrogen and oxygen atoms in total. The highest BCUT2D eigenvalue weighted by molar-refractivity contribution is 8.13. The quantitative estimate of drug-likeness (QED) is 0.498. The number of nitrogens with two attached hydrogens (primary N) is 1. The second-order valence-electron chi connectivity index (χ2n) is 2.87. The van der Waals surface area contributed by atoms with E-state index in [0.717, 1.165) is 0 Å². The maximum Gasteiger partial charge on any atom is 0.307 e. The van der Waals surface area contributed by atoms with Gasteiger partial charge in [0.15, 0.2) is 0 Å². The van der Waals surface area contributed by atoms with E-state index in [1.165, 1.54) is 0 Å². The molecular weight excluding hydrogens is 279 g/mol. The van der Waals surface area contributed by atoms with Crippen LogP contribution in [0.3, 0.4) is 0 Å². The first-order valence-electron chi connectivity index (χ1n) is 3.87. The van der Waals surface area contributed by atoms with Gasteiger partial charge in [-0.1, -0.05) is 0 Å². The van der Waals surface area contributed by atoms with Gasteiger partial charge in [0.25, 0.3) is 9.05 Å². The first kappa shape index (κ1) is 13.3. The summed E-state index contributed by atoms with van der Waals surface area (Å²) in [4.78, 5) is 18.9. The molecule has 0 heterocycles. The minimum atomic E-state index is -4.56. The lowest BCUT2D eigenvalue weighted by molar-refractivity contribution is -0.387. The maximum atomic E-state index is 13.4. The Morgan fingerprint density at radius 2 is 2.00 bits per heavy atom. The standard InChI is InChI=1S/C7H4ClFN2O5S/c8-17(15,16)5-2-3(7(10)12)1-4(6(5)9)11(13)14/h1-2H,(H2,10,12). The Hall–Kier alpha value is -1.74. The Labute approximate surface area is 98.5 Å². The van der Waals surface area contributed by atoms with Gasteiger partial charge in [-0.25, -0.2) is 8.42 Å². The van der Waals surface area contributed by atoms with Gasteiger partial charge in [0, 0.05) is 22.3 Å². The second-order valence-corrected chi connectivity index (χ2v) is 5.40. The number of nitro groups is 1. The Kier molecular flexibility index (Phi) is 3.34. The van der Waals surface area contributed by atoms with Gasteiger partial charge in [0.2, 0.25) is 11.7 Å². The molecule has 0 saturated heterocycles. The van der Waals surface area contributed by atoms with Gasteiger partial charge in [0.05, 0.1) is 4.92 Å². The molecule has 0 aliphatic carbocycles. The monoisotopic (exact) mass is 282 g/mol. The normalized spacial score (nSPS) is 11.2. The first-order valence-corrected chi connectivity index (χ1v) is 6.18. The van der Waals surface area contributed by atoms with Crippen molar-refractivity contribution in [1.29, 1.82) is 0 Å². The van der Waals surface area contributed by atoms with E-state index in [1.807, 2.05) is 0 Å². The predicted octanol–water partition coefficient (Wildman–Crippen LogP) is 0.760. The summed E-state index contributed by atoms with van der Waals surface area (Å²) in [7, 11) is 0.314. The smallest absolute Gasteiger partial charge is 0.307 e. The first-order chi connectivity index (χ1) is 7.64. The molecular formula is C7H4ClFN2O5S. The van der Waals surface area contributed by atoms with E-state index in [0.29, 0.717) is 12.1 Å². The topological polar surface area (TPSA) is 120 Å². The van der Waals surface area contributed by atoms with E-state index in [4.69, 9.17) is 16.4 Å². The molecule has 1 aromatic rings. The average molecular weight is 283 g/mol. The average Bonchev–Trinajstić information content (AvgIpc) is 2.15. The zero-order chi connectivity index (χ0) is 13.4. The van der Waals surface area contributed by atoms with Crippen LogP contribution in [0.4, 0.5) is 10.1 Å². The molecule has 1 aromatic carbocycles. The third kappa shape index (κ3) is 2.68. The van der Waals surface area contributed by atoms with E-state index in [-0.39, 0.29) is 0 Å². The number of halogens is 2. The minimum Gasteiger partial charge on any atom is -0.366 e. The van der Waals surface area contributed by atoms with Crippen LogP contribution in [0, 0.1) is 15.9 Å². The van der Waals surface area contributed by atoms with Crippen LogP contribution >= 0.6 is 10.7 Å². The summed E-state index contributed by atoms with van der Waals surface area (Å²) in [6.07, 6.45) is 0. The number of nitrogens with zero attached hydrogens (tertiary/aromatic N) is 1. The number of hydrogen-bond donors (Lipinski definition) is 1. The Bertz CT molecular complexity index is 615. The van der Waals surface area contributed by atoms with Crippen molar-refractivity contribution in [3.63, 3.8) is 0 Å². The van der Waals surface area contributed by atoms with Crippen molar-refractivity contribution >= 4 is 31.3 Å². The molecule has 92 valence electrons. The number of carbonyl (C=O) groups excluding carboxylic acids is 1. The molecule has 1 amide bonds. The molecule has 0 radical (unpaired) electrons. The van der Waals surface area contributed by atoms with Crippen molar-refractivity contribution in [2.45, 2.75) is 4.90 Å². The summed E-state index contributed by atoms with van der Waals surface area (Å²) in [5, 5.41) is 10.5.